The molecule has 1 fully saturated rings. The molecule has 1 aliphatic rings. The summed E-state index contributed by atoms with van der Waals surface area (Å²) in [6, 6.07) is 19.8. The number of anilines is 2. The molecule has 0 aliphatic carbocycles. The zero-order valence-electron chi connectivity index (χ0n) is 17.9. The van der Waals surface area contributed by atoms with Gasteiger partial charge in [-0.15, -0.1) is 0 Å². The number of benzene rings is 3. The number of fused-ring (bicyclic) bond motifs is 1. The molecule has 0 aromatic heterocycles. The minimum absolute atomic E-state index is 0.104. The maximum Gasteiger partial charge on any atom is 0.238 e. The van der Waals surface area contributed by atoms with Crippen LogP contribution in [-0.2, 0) is 16.1 Å². The van der Waals surface area contributed by atoms with Crippen molar-refractivity contribution in [2.45, 2.75) is 19.4 Å². The Morgan fingerprint density at radius 3 is 2.65 bits per heavy atom. The molecule has 0 atom stereocenters. The van der Waals surface area contributed by atoms with E-state index >= 15 is 0 Å². The molecule has 1 aliphatic heterocycles. The Morgan fingerprint density at radius 2 is 1.87 bits per heavy atom. The van der Waals surface area contributed by atoms with Gasteiger partial charge in [0.25, 0.3) is 0 Å². The van der Waals surface area contributed by atoms with Gasteiger partial charge in [-0.1, -0.05) is 30.3 Å². The summed E-state index contributed by atoms with van der Waals surface area (Å²) < 4.78 is 5.28. The minimum Gasteiger partial charge on any atom is -0.497 e. The number of amides is 2. The third kappa shape index (κ3) is 4.86. The summed E-state index contributed by atoms with van der Waals surface area (Å²) in [4.78, 5) is 28.5. The molecule has 4 rings (SSSR count). The smallest absolute Gasteiger partial charge is 0.238 e. The zero-order chi connectivity index (χ0) is 21.8. The molecule has 1 heterocycles. The van der Waals surface area contributed by atoms with Gasteiger partial charge in [-0.2, -0.15) is 0 Å². The maximum absolute atomic E-state index is 12.7. The lowest BCUT2D eigenvalue weighted by Gasteiger charge is -2.21. The molecular weight excluding hydrogens is 390 g/mol. The van der Waals surface area contributed by atoms with Crippen molar-refractivity contribution in [1.29, 1.82) is 0 Å². The average molecular weight is 418 g/mol. The van der Waals surface area contributed by atoms with Gasteiger partial charge >= 0.3 is 0 Å². The van der Waals surface area contributed by atoms with Crippen LogP contribution in [0.2, 0.25) is 0 Å². The highest BCUT2D eigenvalue weighted by molar-refractivity contribution is 6.02. The molecule has 0 unspecified atom stereocenters. The SMILES string of the molecule is COc1ccc2cc(CN(C)CC(=O)Nc3ccccc3N3CCCC3=O)ccc2c1. The first kappa shape index (κ1) is 20.9. The number of methoxy groups -OCH3 is 1. The lowest BCUT2D eigenvalue weighted by Crippen LogP contribution is -2.31. The number of carbonyl (C=O) groups excluding carboxylic acids is 2. The molecule has 6 nitrogen and oxygen atoms in total. The number of para-hydroxylation sites is 2. The lowest BCUT2D eigenvalue weighted by molar-refractivity contribution is -0.118. The van der Waals surface area contributed by atoms with Gasteiger partial charge in [-0.3, -0.25) is 14.5 Å². The summed E-state index contributed by atoms with van der Waals surface area (Å²) in [7, 11) is 3.59. The van der Waals surface area contributed by atoms with E-state index in [-0.39, 0.29) is 18.4 Å². The molecule has 0 bridgehead atoms. The summed E-state index contributed by atoms with van der Waals surface area (Å²) in [5.74, 6) is 0.838. The second-order valence-electron chi connectivity index (χ2n) is 7.93. The quantitative estimate of drug-likeness (QED) is 0.630. The van der Waals surface area contributed by atoms with E-state index in [0.717, 1.165) is 34.2 Å². The van der Waals surface area contributed by atoms with Crippen LogP contribution in [-0.4, -0.2) is 44.0 Å². The number of carbonyl (C=O) groups is 2. The van der Waals surface area contributed by atoms with Crippen LogP contribution in [0.4, 0.5) is 11.4 Å². The van der Waals surface area contributed by atoms with Crippen molar-refractivity contribution >= 4 is 34.0 Å². The molecule has 1 N–H and O–H groups in total. The molecule has 0 saturated carbocycles. The van der Waals surface area contributed by atoms with Crippen molar-refractivity contribution in [1.82, 2.24) is 4.90 Å². The number of ether oxygens (including phenoxy) is 1. The molecule has 0 radical (unpaired) electrons. The fourth-order valence-corrected chi connectivity index (χ4v) is 4.02. The monoisotopic (exact) mass is 417 g/mol. The second-order valence-corrected chi connectivity index (χ2v) is 7.93. The van der Waals surface area contributed by atoms with Crippen LogP contribution >= 0.6 is 0 Å². The maximum atomic E-state index is 12.7. The highest BCUT2D eigenvalue weighted by Gasteiger charge is 2.24. The van der Waals surface area contributed by atoms with Gasteiger partial charge < -0.3 is 15.0 Å². The first-order valence-corrected chi connectivity index (χ1v) is 10.5. The number of nitrogens with one attached hydrogen (secondary N) is 1. The van der Waals surface area contributed by atoms with E-state index in [4.69, 9.17) is 4.74 Å². The molecule has 0 spiro atoms. The van der Waals surface area contributed by atoms with Gasteiger partial charge in [0.1, 0.15) is 5.75 Å². The van der Waals surface area contributed by atoms with Crippen molar-refractivity contribution < 1.29 is 14.3 Å². The average Bonchev–Trinajstić information content (AvgIpc) is 3.19. The van der Waals surface area contributed by atoms with E-state index in [2.05, 4.69) is 23.5 Å². The fraction of sp³-hybridized carbons (Fsp3) is 0.280. The van der Waals surface area contributed by atoms with E-state index in [1.54, 1.807) is 12.0 Å². The fourth-order valence-electron chi connectivity index (χ4n) is 4.02. The van der Waals surface area contributed by atoms with E-state index in [1.165, 1.54) is 0 Å². The second kappa shape index (κ2) is 9.18. The molecule has 3 aromatic rings. The molecule has 160 valence electrons. The Morgan fingerprint density at radius 1 is 1.10 bits per heavy atom. The van der Waals surface area contributed by atoms with Crippen LogP contribution in [0.15, 0.2) is 60.7 Å². The molecule has 1 saturated heterocycles. The minimum atomic E-state index is -0.105. The van der Waals surface area contributed by atoms with E-state index in [1.807, 2.05) is 54.4 Å². The van der Waals surface area contributed by atoms with Gasteiger partial charge in [0.05, 0.1) is 25.0 Å². The molecule has 3 aromatic carbocycles. The van der Waals surface area contributed by atoms with Crippen LogP contribution in [0.1, 0.15) is 18.4 Å². The summed E-state index contributed by atoms with van der Waals surface area (Å²) in [6.07, 6.45) is 1.41. The van der Waals surface area contributed by atoms with E-state index in [0.29, 0.717) is 25.2 Å². The number of hydrogen-bond acceptors (Lipinski definition) is 4. The van der Waals surface area contributed by atoms with Crippen LogP contribution in [0, 0.1) is 0 Å². The Labute approximate surface area is 182 Å². The van der Waals surface area contributed by atoms with Crippen molar-refractivity contribution in [2.24, 2.45) is 0 Å². The predicted octanol–water partition coefficient (Wildman–Crippen LogP) is 4.05. The lowest BCUT2D eigenvalue weighted by atomic mass is 10.1. The predicted molar refractivity (Wildman–Crippen MR) is 123 cm³/mol. The van der Waals surface area contributed by atoms with Gasteiger partial charge in [-0.05, 0) is 60.1 Å². The van der Waals surface area contributed by atoms with Gasteiger partial charge in [0.2, 0.25) is 11.8 Å². The van der Waals surface area contributed by atoms with Gasteiger partial charge in [0, 0.05) is 19.5 Å². The first-order chi connectivity index (χ1) is 15.0. The Bertz CT molecular complexity index is 1110. The normalized spacial score (nSPS) is 13.8. The zero-order valence-corrected chi connectivity index (χ0v) is 17.9. The Balaban J connectivity index is 1.39. The summed E-state index contributed by atoms with van der Waals surface area (Å²) in [5.41, 5.74) is 2.58. The van der Waals surface area contributed by atoms with Crippen molar-refractivity contribution in [3.63, 3.8) is 0 Å². The molecule has 6 heteroatoms. The van der Waals surface area contributed by atoms with E-state index in [9.17, 15) is 9.59 Å². The molecule has 2 amide bonds. The standard InChI is InChI=1S/C25H27N3O3/c1-27(16-18-9-10-20-15-21(31-2)12-11-19(20)14-18)17-24(29)26-22-6-3-4-7-23(22)28-13-5-8-25(28)30/h3-4,6-7,9-12,14-15H,5,8,13,16-17H2,1-2H3,(H,26,29). The number of nitrogens with zero attached hydrogens (tertiary/aromatic N) is 2. The number of likely N-dealkylation sites (N-methyl/N-ethyl adjacent to an activating group) is 1. The van der Waals surface area contributed by atoms with Crippen LogP contribution < -0.4 is 15.0 Å². The summed E-state index contributed by atoms with van der Waals surface area (Å²) in [5, 5.41) is 5.24. The van der Waals surface area contributed by atoms with Crippen LogP contribution in [0.3, 0.4) is 0 Å². The number of rotatable bonds is 7. The highest BCUT2D eigenvalue weighted by Crippen LogP contribution is 2.29. The van der Waals surface area contributed by atoms with Crippen molar-refractivity contribution in [2.75, 3.05) is 37.5 Å². The third-order valence-corrected chi connectivity index (χ3v) is 5.52. The highest BCUT2D eigenvalue weighted by atomic mass is 16.5. The third-order valence-electron chi connectivity index (χ3n) is 5.52. The topological polar surface area (TPSA) is 61.9 Å². The first-order valence-electron chi connectivity index (χ1n) is 10.5. The Kier molecular flexibility index (Phi) is 6.18. The van der Waals surface area contributed by atoms with Crippen LogP contribution in [0.25, 0.3) is 10.8 Å². The molecular formula is C25H27N3O3. The van der Waals surface area contributed by atoms with Crippen LogP contribution in [0.5, 0.6) is 5.75 Å². The van der Waals surface area contributed by atoms with Crippen molar-refractivity contribution in [3.05, 3.63) is 66.2 Å². The Hall–Kier alpha value is -3.38. The molecule has 31 heavy (non-hydrogen) atoms. The largest absolute Gasteiger partial charge is 0.497 e. The van der Waals surface area contributed by atoms with Crippen molar-refractivity contribution in [3.8, 4) is 5.75 Å². The van der Waals surface area contributed by atoms with E-state index < -0.39 is 0 Å². The van der Waals surface area contributed by atoms with Gasteiger partial charge in [-0.25, -0.2) is 0 Å². The number of hydrogen-bond donors (Lipinski definition) is 1. The summed E-state index contributed by atoms with van der Waals surface area (Å²) in [6.45, 7) is 1.60. The van der Waals surface area contributed by atoms with Gasteiger partial charge in [0.15, 0.2) is 0 Å². The summed E-state index contributed by atoms with van der Waals surface area (Å²) >= 11 is 0.